The van der Waals surface area contributed by atoms with E-state index in [1.165, 1.54) is 0 Å². The topological polar surface area (TPSA) is 96.5 Å². The number of amides is 3. The van der Waals surface area contributed by atoms with E-state index in [4.69, 9.17) is 4.74 Å². The van der Waals surface area contributed by atoms with Crippen LogP contribution >= 0.6 is 0 Å². The first-order chi connectivity index (χ1) is 9.48. The molecule has 1 atom stereocenters. The minimum Gasteiger partial charge on any atom is -0.444 e. The van der Waals surface area contributed by atoms with Gasteiger partial charge in [0, 0.05) is 13.0 Å². The summed E-state index contributed by atoms with van der Waals surface area (Å²) in [4.78, 5) is 34.7. The molecule has 1 aliphatic rings. The lowest BCUT2D eigenvalue weighted by Gasteiger charge is -2.29. The third-order valence-electron chi connectivity index (χ3n) is 2.86. The Balaban J connectivity index is 2.40. The van der Waals surface area contributed by atoms with Crippen LogP contribution in [0.2, 0.25) is 0 Å². The van der Waals surface area contributed by atoms with Crippen LogP contribution in [0, 0.1) is 0 Å². The van der Waals surface area contributed by atoms with Gasteiger partial charge in [-0.2, -0.15) is 0 Å². The lowest BCUT2D eigenvalue weighted by Crippen LogP contribution is -2.54. The summed E-state index contributed by atoms with van der Waals surface area (Å²) in [6.45, 7) is 9.16. The molecule has 7 nitrogen and oxygen atoms in total. The first-order valence-electron chi connectivity index (χ1n) is 7.07. The van der Waals surface area contributed by atoms with Crippen molar-refractivity contribution < 1.29 is 19.1 Å². The molecule has 0 aliphatic carbocycles. The summed E-state index contributed by atoms with van der Waals surface area (Å²) in [5.41, 5.74) is -1.22. The van der Waals surface area contributed by atoms with Crippen LogP contribution in [-0.2, 0) is 14.3 Å². The molecule has 1 aliphatic heterocycles. The molecule has 1 heterocycles. The SMILES string of the molecule is CC(C)(CNC(=O)C1CCC(=O)N1)NC(=O)OC(C)(C)C. The Bertz CT molecular complexity index is 426. The summed E-state index contributed by atoms with van der Waals surface area (Å²) < 4.78 is 5.17. The second-order valence-electron chi connectivity index (χ2n) is 6.89. The van der Waals surface area contributed by atoms with Gasteiger partial charge < -0.3 is 20.7 Å². The zero-order chi connectivity index (χ0) is 16.3. The van der Waals surface area contributed by atoms with Gasteiger partial charge in [-0.1, -0.05) is 0 Å². The first-order valence-corrected chi connectivity index (χ1v) is 7.07. The van der Waals surface area contributed by atoms with Crippen molar-refractivity contribution in [3.05, 3.63) is 0 Å². The van der Waals surface area contributed by atoms with Gasteiger partial charge in [-0.25, -0.2) is 4.79 Å². The zero-order valence-electron chi connectivity index (χ0n) is 13.3. The molecule has 21 heavy (non-hydrogen) atoms. The number of ether oxygens (including phenoxy) is 1. The fourth-order valence-corrected chi connectivity index (χ4v) is 1.87. The minimum atomic E-state index is -0.652. The number of carbonyl (C=O) groups is 3. The summed E-state index contributed by atoms with van der Waals surface area (Å²) in [7, 11) is 0. The number of rotatable bonds is 4. The smallest absolute Gasteiger partial charge is 0.408 e. The molecule has 1 unspecified atom stereocenters. The maximum atomic E-state index is 11.9. The Morgan fingerprint density at radius 1 is 1.29 bits per heavy atom. The van der Waals surface area contributed by atoms with Gasteiger partial charge in [-0.3, -0.25) is 9.59 Å². The standard InChI is InChI=1S/C14H25N3O4/c1-13(2,3)21-12(20)17-14(4,5)8-15-11(19)9-6-7-10(18)16-9/h9H,6-8H2,1-5H3,(H,15,19)(H,16,18)(H,17,20). The van der Waals surface area contributed by atoms with Crippen molar-refractivity contribution in [2.24, 2.45) is 0 Å². The van der Waals surface area contributed by atoms with E-state index in [9.17, 15) is 14.4 Å². The second kappa shape index (κ2) is 6.32. The third kappa shape index (κ3) is 6.46. The number of nitrogens with one attached hydrogen (secondary N) is 3. The molecule has 0 saturated carbocycles. The molecule has 0 spiro atoms. The first kappa shape index (κ1) is 17.3. The van der Waals surface area contributed by atoms with Gasteiger partial charge >= 0.3 is 6.09 Å². The van der Waals surface area contributed by atoms with E-state index < -0.39 is 23.3 Å². The van der Waals surface area contributed by atoms with Gasteiger partial charge in [-0.05, 0) is 41.0 Å². The van der Waals surface area contributed by atoms with Crippen LogP contribution in [0.25, 0.3) is 0 Å². The van der Waals surface area contributed by atoms with Crippen molar-refractivity contribution in [1.29, 1.82) is 0 Å². The molecule has 3 amide bonds. The van der Waals surface area contributed by atoms with Gasteiger partial charge in [0.15, 0.2) is 0 Å². The van der Waals surface area contributed by atoms with Crippen LogP contribution in [0.5, 0.6) is 0 Å². The van der Waals surface area contributed by atoms with Gasteiger partial charge in [-0.15, -0.1) is 0 Å². The predicted molar refractivity (Wildman–Crippen MR) is 77.6 cm³/mol. The molecule has 1 fully saturated rings. The van der Waals surface area contributed by atoms with Crippen LogP contribution < -0.4 is 16.0 Å². The molecular weight excluding hydrogens is 274 g/mol. The lowest BCUT2D eigenvalue weighted by molar-refractivity contribution is -0.125. The normalized spacial score (nSPS) is 18.9. The Morgan fingerprint density at radius 3 is 2.38 bits per heavy atom. The number of hydrogen-bond acceptors (Lipinski definition) is 4. The quantitative estimate of drug-likeness (QED) is 0.711. The van der Waals surface area contributed by atoms with Crippen LogP contribution in [-0.4, -0.2) is 41.6 Å². The van der Waals surface area contributed by atoms with Gasteiger partial charge in [0.05, 0.1) is 5.54 Å². The summed E-state index contributed by atoms with van der Waals surface area (Å²) in [5, 5.41) is 8.03. The Kier molecular flexibility index (Phi) is 5.20. The average molecular weight is 299 g/mol. The molecule has 1 rings (SSSR count). The maximum absolute atomic E-state index is 11.9. The molecular formula is C14H25N3O4. The monoisotopic (exact) mass is 299 g/mol. The Morgan fingerprint density at radius 2 is 1.90 bits per heavy atom. The lowest BCUT2D eigenvalue weighted by atomic mass is 10.1. The molecule has 120 valence electrons. The van der Waals surface area contributed by atoms with Crippen LogP contribution in [0.3, 0.4) is 0 Å². The number of alkyl carbamates (subject to hydrolysis) is 1. The molecule has 3 N–H and O–H groups in total. The maximum Gasteiger partial charge on any atom is 0.408 e. The highest BCUT2D eigenvalue weighted by atomic mass is 16.6. The Hall–Kier alpha value is -1.79. The predicted octanol–water partition coefficient (Wildman–Crippen LogP) is 0.685. The van der Waals surface area contributed by atoms with E-state index in [1.54, 1.807) is 34.6 Å². The van der Waals surface area contributed by atoms with Crippen molar-refractivity contribution >= 4 is 17.9 Å². The highest BCUT2D eigenvalue weighted by Crippen LogP contribution is 2.10. The average Bonchev–Trinajstić information content (AvgIpc) is 2.69. The van der Waals surface area contributed by atoms with Gasteiger partial charge in [0.1, 0.15) is 11.6 Å². The Labute approximate surface area is 125 Å². The van der Waals surface area contributed by atoms with Crippen molar-refractivity contribution in [1.82, 2.24) is 16.0 Å². The van der Waals surface area contributed by atoms with Gasteiger partial charge in [0.2, 0.25) is 11.8 Å². The highest BCUT2D eigenvalue weighted by molar-refractivity contribution is 5.90. The molecule has 0 radical (unpaired) electrons. The van der Waals surface area contributed by atoms with Gasteiger partial charge in [0.25, 0.3) is 0 Å². The molecule has 0 aromatic rings. The summed E-state index contributed by atoms with van der Waals surface area (Å²) in [5.74, 6) is -0.346. The fraction of sp³-hybridized carbons (Fsp3) is 0.786. The summed E-state index contributed by atoms with van der Waals surface area (Å²) in [6.07, 6.45) is 0.346. The van der Waals surface area contributed by atoms with E-state index in [1.807, 2.05) is 0 Å². The largest absolute Gasteiger partial charge is 0.444 e. The number of carbonyl (C=O) groups excluding carboxylic acids is 3. The van der Waals surface area contributed by atoms with E-state index in [-0.39, 0.29) is 18.4 Å². The molecule has 1 saturated heterocycles. The van der Waals surface area contributed by atoms with Crippen molar-refractivity contribution in [2.75, 3.05) is 6.54 Å². The highest BCUT2D eigenvalue weighted by Gasteiger charge is 2.29. The zero-order valence-corrected chi connectivity index (χ0v) is 13.3. The summed E-state index contributed by atoms with van der Waals surface area (Å²) in [6, 6.07) is -0.477. The molecule has 0 bridgehead atoms. The van der Waals surface area contributed by atoms with E-state index in [0.29, 0.717) is 12.8 Å². The van der Waals surface area contributed by atoms with Crippen molar-refractivity contribution in [3.8, 4) is 0 Å². The van der Waals surface area contributed by atoms with Crippen molar-refractivity contribution in [3.63, 3.8) is 0 Å². The number of hydrogen-bond donors (Lipinski definition) is 3. The van der Waals surface area contributed by atoms with Crippen molar-refractivity contribution in [2.45, 2.75) is 64.6 Å². The molecule has 7 heteroatoms. The fourth-order valence-electron chi connectivity index (χ4n) is 1.87. The molecule has 0 aromatic carbocycles. The second-order valence-corrected chi connectivity index (χ2v) is 6.89. The molecule has 0 aromatic heterocycles. The van der Waals surface area contributed by atoms with E-state index >= 15 is 0 Å². The van der Waals surface area contributed by atoms with E-state index in [0.717, 1.165) is 0 Å². The summed E-state index contributed by atoms with van der Waals surface area (Å²) >= 11 is 0. The third-order valence-corrected chi connectivity index (χ3v) is 2.86. The minimum absolute atomic E-state index is 0.110. The van der Waals surface area contributed by atoms with E-state index in [2.05, 4.69) is 16.0 Å². The van der Waals surface area contributed by atoms with Crippen LogP contribution in [0.15, 0.2) is 0 Å². The van der Waals surface area contributed by atoms with Crippen LogP contribution in [0.4, 0.5) is 4.79 Å². The van der Waals surface area contributed by atoms with Crippen LogP contribution in [0.1, 0.15) is 47.5 Å².